The van der Waals surface area contributed by atoms with E-state index < -0.39 is 6.04 Å². The van der Waals surface area contributed by atoms with Gasteiger partial charge in [0.15, 0.2) is 5.11 Å². The van der Waals surface area contributed by atoms with Crippen LogP contribution in [0.25, 0.3) is 0 Å². The zero-order valence-electron chi connectivity index (χ0n) is 16.2. The van der Waals surface area contributed by atoms with E-state index in [0.717, 1.165) is 5.56 Å². The molecular formula is C21H22ClN3O3S. The van der Waals surface area contributed by atoms with Gasteiger partial charge < -0.3 is 15.0 Å². The van der Waals surface area contributed by atoms with E-state index in [1.165, 1.54) is 4.90 Å². The molecule has 1 fully saturated rings. The van der Waals surface area contributed by atoms with E-state index >= 15 is 0 Å². The Balaban J connectivity index is 1.73. The highest BCUT2D eigenvalue weighted by molar-refractivity contribution is 7.80. The molecule has 152 valence electrons. The van der Waals surface area contributed by atoms with Crippen molar-refractivity contribution >= 4 is 46.4 Å². The number of methoxy groups -OCH3 is 1. The smallest absolute Gasteiger partial charge is 0.252 e. The van der Waals surface area contributed by atoms with Gasteiger partial charge in [0.05, 0.1) is 13.5 Å². The molecule has 1 aliphatic heterocycles. The molecule has 1 aliphatic rings. The molecule has 1 atom stereocenters. The van der Waals surface area contributed by atoms with Crippen LogP contribution >= 0.6 is 23.8 Å². The Morgan fingerprint density at radius 1 is 1.17 bits per heavy atom. The number of nitrogens with one attached hydrogen (secondary N) is 1. The van der Waals surface area contributed by atoms with Crippen LogP contribution < -0.4 is 10.1 Å². The minimum atomic E-state index is -0.642. The summed E-state index contributed by atoms with van der Waals surface area (Å²) in [6, 6.07) is 13.7. The van der Waals surface area contributed by atoms with Crippen molar-refractivity contribution in [2.24, 2.45) is 0 Å². The molecule has 0 aliphatic carbocycles. The lowest BCUT2D eigenvalue weighted by Crippen LogP contribution is -2.37. The predicted octanol–water partition coefficient (Wildman–Crippen LogP) is 3.70. The third-order valence-corrected chi connectivity index (χ3v) is 5.45. The Bertz CT molecular complexity index is 902. The number of amides is 2. The Hall–Kier alpha value is -2.64. The fraction of sp³-hybridized carbons (Fsp3) is 0.286. The summed E-state index contributed by atoms with van der Waals surface area (Å²) >= 11 is 11.5. The highest BCUT2D eigenvalue weighted by Crippen LogP contribution is 2.24. The van der Waals surface area contributed by atoms with Crippen LogP contribution in [-0.2, 0) is 16.1 Å². The lowest BCUT2D eigenvalue weighted by atomic mass is 10.1. The van der Waals surface area contributed by atoms with Crippen LogP contribution in [0.5, 0.6) is 5.75 Å². The molecule has 1 heterocycles. The molecule has 1 saturated heterocycles. The van der Waals surface area contributed by atoms with Crippen LogP contribution in [-0.4, -0.2) is 46.4 Å². The third kappa shape index (κ3) is 4.86. The minimum Gasteiger partial charge on any atom is -0.497 e. The van der Waals surface area contributed by atoms with Crippen molar-refractivity contribution < 1.29 is 14.3 Å². The van der Waals surface area contributed by atoms with E-state index in [9.17, 15) is 9.59 Å². The normalized spacial score (nSPS) is 16.3. The lowest BCUT2D eigenvalue weighted by Gasteiger charge is -2.24. The van der Waals surface area contributed by atoms with Crippen molar-refractivity contribution in [3.63, 3.8) is 0 Å². The molecule has 0 bridgehead atoms. The van der Waals surface area contributed by atoms with Gasteiger partial charge >= 0.3 is 0 Å². The molecule has 1 N–H and O–H groups in total. The number of hydrogen-bond donors (Lipinski definition) is 1. The van der Waals surface area contributed by atoms with E-state index in [1.807, 2.05) is 19.1 Å². The molecule has 0 spiro atoms. The zero-order chi connectivity index (χ0) is 21.0. The first kappa shape index (κ1) is 21.1. The van der Waals surface area contributed by atoms with E-state index in [1.54, 1.807) is 48.4 Å². The summed E-state index contributed by atoms with van der Waals surface area (Å²) in [5.74, 6) is 0.291. The number of nitrogens with zero attached hydrogens (tertiary/aromatic N) is 2. The SMILES string of the molecule is CCN1C(=O)[C@H](CC(=O)Nc2ccc(OC)cc2)N(Cc2ccc(Cl)cc2)C1=S. The maximum atomic E-state index is 12.9. The molecule has 2 amide bonds. The zero-order valence-corrected chi connectivity index (χ0v) is 17.8. The second-order valence-electron chi connectivity index (χ2n) is 6.62. The Labute approximate surface area is 180 Å². The van der Waals surface area contributed by atoms with E-state index in [-0.39, 0.29) is 18.2 Å². The van der Waals surface area contributed by atoms with Gasteiger partial charge in [0.1, 0.15) is 11.8 Å². The predicted molar refractivity (Wildman–Crippen MR) is 117 cm³/mol. The second kappa shape index (κ2) is 9.24. The summed E-state index contributed by atoms with van der Waals surface area (Å²) in [6.45, 7) is 2.76. The average molecular weight is 432 g/mol. The number of thiocarbonyl (C=S) groups is 1. The molecule has 2 aromatic carbocycles. The number of carbonyl (C=O) groups is 2. The van der Waals surface area contributed by atoms with Crippen molar-refractivity contribution in [3.05, 3.63) is 59.1 Å². The van der Waals surface area contributed by atoms with Crippen LogP contribution in [0.3, 0.4) is 0 Å². The van der Waals surface area contributed by atoms with Crippen molar-refractivity contribution in [1.82, 2.24) is 9.80 Å². The van der Waals surface area contributed by atoms with Crippen molar-refractivity contribution in [3.8, 4) is 5.75 Å². The van der Waals surface area contributed by atoms with Gasteiger partial charge in [-0.3, -0.25) is 14.5 Å². The average Bonchev–Trinajstić information content (AvgIpc) is 2.93. The maximum absolute atomic E-state index is 12.9. The van der Waals surface area contributed by atoms with Crippen molar-refractivity contribution in [2.45, 2.75) is 25.9 Å². The number of anilines is 1. The van der Waals surface area contributed by atoms with E-state index in [4.69, 9.17) is 28.6 Å². The standard InChI is InChI=1S/C21H22ClN3O3S/c1-3-24-20(27)18(12-19(26)23-16-8-10-17(28-2)11-9-16)25(21(24)29)13-14-4-6-15(22)7-5-14/h4-11,18H,3,12-13H2,1-2H3,(H,23,26)/t18-/m0/s1. The van der Waals surface area contributed by atoms with Crippen LogP contribution in [0.2, 0.25) is 5.02 Å². The first-order chi connectivity index (χ1) is 13.9. The fourth-order valence-electron chi connectivity index (χ4n) is 3.21. The molecule has 0 radical (unpaired) electrons. The summed E-state index contributed by atoms with van der Waals surface area (Å²) in [5, 5.41) is 3.91. The Morgan fingerprint density at radius 3 is 2.41 bits per heavy atom. The molecule has 3 rings (SSSR count). The first-order valence-corrected chi connectivity index (χ1v) is 10.0. The highest BCUT2D eigenvalue weighted by Gasteiger charge is 2.42. The molecule has 0 unspecified atom stereocenters. The largest absolute Gasteiger partial charge is 0.497 e. The van der Waals surface area contributed by atoms with E-state index in [0.29, 0.717) is 34.7 Å². The Kier molecular flexibility index (Phi) is 6.71. The molecule has 2 aromatic rings. The summed E-state index contributed by atoms with van der Waals surface area (Å²) < 4.78 is 5.12. The first-order valence-electron chi connectivity index (χ1n) is 9.23. The topological polar surface area (TPSA) is 61.9 Å². The summed E-state index contributed by atoms with van der Waals surface area (Å²) in [5.41, 5.74) is 1.60. The van der Waals surface area contributed by atoms with Gasteiger partial charge in [0.25, 0.3) is 5.91 Å². The molecular weight excluding hydrogens is 410 g/mol. The van der Waals surface area contributed by atoms with Crippen molar-refractivity contribution in [1.29, 1.82) is 0 Å². The van der Waals surface area contributed by atoms with Gasteiger partial charge in [0.2, 0.25) is 5.91 Å². The number of rotatable bonds is 7. The monoisotopic (exact) mass is 431 g/mol. The second-order valence-corrected chi connectivity index (χ2v) is 7.42. The number of likely N-dealkylation sites (N-methyl/N-ethyl adjacent to an activating group) is 1. The summed E-state index contributed by atoms with van der Waals surface area (Å²) in [7, 11) is 1.58. The fourth-order valence-corrected chi connectivity index (χ4v) is 3.75. The number of hydrogen-bond acceptors (Lipinski definition) is 4. The quantitative estimate of drug-likeness (QED) is 0.677. The highest BCUT2D eigenvalue weighted by atomic mass is 35.5. The molecule has 0 aromatic heterocycles. The van der Waals surface area contributed by atoms with Crippen LogP contribution in [0, 0.1) is 0 Å². The number of ether oxygens (including phenoxy) is 1. The van der Waals surface area contributed by atoms with Gasteiger partial charge in [-0.15, -0.1) is 0 Å². The molecule has 6 nitrogen and oxygen atoms in total. The van der Waals surface area contributed by atoms with Gasteiger partial charge in [-0.05, 0) is 61.1 Å². The van der Waals surface area contributed by atoms with Crippen LogP contribution in [0.4, 0.5) is 5.69 Å². The molecule has 8 heteroatoms. The van der Waals surface area contributed by atoms with Gasteiger partial charge in [0, 0.05) is 23.8 Å². The maximum Gasteiger partial charge on any atom is 0.252 e. The lowest BCUT2D eigenvalue weighted by molar-refractivity contribution is -0.130. The van der Waals surface area contributed by atoms with Gasteiger partial charge in [-0.2, -0.15) is 0 Å². The molecule has 29 heavy (non-hydrogen) atoms. The summed E-state index contributed by atoms with van der Waals surface area (Å²) in [6.07, 6.45) is 0.00902. The summed E-state index contributed by atoms with van der Waals surface area (Å²) in [4.78, 5) is 28.8. The third-order valence-electron chi connectivity index (χ3n) is 4.74. The number of halogens is 1. The molecule has 0 saturated carbocycles. The van der Waals surface area contributed by atoms with E-state index in [2.05, 4.69) is 5.32 Å². The van der Waals surface area contributed by atoms with Gasteiger partial charge in [-0.1, -0.05) is 23.7 Å². The van der Waals surface area contributed by atoms with Gasteiger partial charge in [-0.25, -0.2) is 0 Å². The number of carbonyl (C=O) groups excluding carboxylic acids is 2. The van der Waals surface area contributed by atoms with Crippen molar-refractivity contribution in [2.75, 3.05) is 19.0 Å². The van der Waals surface area contributed by atoms with Crippen LogP contribution in [0.15, 0.2) is 48.5 Å². The minimum absolute atomic E-state index is 0.00902. The Morgan fingerprint density at radius 2 is 1.83 bits per heavy atom. The van der Waals surface area contributed by atoms with Crippen LogP contribution in [0.1, 0.15) is 18.9 Å². The number of benzene rings is 2.